The Morgan fingerprint density at radius 1 is 1.00 bits per heavy atom. The molecular formula is H4CeOSiTiZn. The van der Waals surface area contributed by atoms with Crippen LogP contribution < -0.4 is 0 Å². The third-order valence-electron chi connectivity index (χ3n) is 0. The van der Waals surface area contributed by atoms with Gasteiger partial charge in [0.2, 0.25) is 0 Å². The Morgan fingerprint density at radius 3 is 1.00 bits per heavy atom. The molecule has 0 spiro atoms. The van der Waals surface area contributed by atoms with Crippen LogP contribution in [0.2, 0.25) is 0 Å². The molecule has 0 aromatic rings. The average Bonchev–Trinajstić information content (AvgIpc) is 0. The Hall–Kier alpha value is 2.89. The molecule has 0 bridgehead atoms. The van der Waals surface area contributed by atoms with E-state index >= 15 is 0 Å². The van der Waals surface area contributed by atoms with Gasteiger partial charge in [-0.2, -0.15) is 0 Å². The summed E-state index contributed by atoms with van der Waals surface area (Å²) >= 11 is 0. The molecule has 24 valence electrons. The first-order valence-corrected chi connectivity index (χ1v) is 0. The van der Waals surface area contributed by atoms with Crippen LogP contribution in [0.4, 0.5) is 0 Å². The topological polar surface area (TPSA) is 28.5 Å². The van der Waals surface area contributed by atoms with E-state index in [4.69, 9.17) is 0 Å². The van der Waals surface area contributed by atoms with Crippen molar-refractivity contribution in [3.63, 3.8) is 0 Å². The van der Waals surface area contributed by atoms with Gasteiger partial charge in [0.1, 0.15) is 0 Å². The maximum absolute atomic E-state index is 0. The van der Waals surface area contributed by atoms with Gasteiger partial charge in [-0.1, -0.05) is 0 Å². The SMILES string of the molecule is [Ce].[O-2].[SiH4].[Ti].[Zn+2]. The summed E-state index contributed by atoms with van der Waals surface area (Å²) in [5.74, 6) is 0. The predicted octanol–water partition coefficient (Wildman–Crippen LogP) is -1.58. The van der Waals surface area contributed by atoms with Crippen LogP contribution in [-0.4, -0.2) is 11.0 Å². The standard InChI is InChI=1S/Ce.O.H4Si.Ti.Zn/h;;1H4;;/q;-2;;;+2. The third-order valence-corrected chi connectivity index (χ3v) is 0. The first kappa shape index (κ1) is 44.8. The van der Waals surface area contributed by atoms with Crippen molar-refractivity contribution in [3.05, 3.63) is 0 Å². The van der Waals surface area contributed by atoms with E-state index < -0.39 is 0 Å². The van der Waals surface area contributed by atoms with Gasteiger partial charge in [-0.05, 0) is 11.0 Å². The molecule has 0 saturated carbocycles. The minimum Gasteiger partial charge on any atom is -2.00 e. The first-order valence-electron chi connectivity index (χ1n) is 0. The van der Waals surface area contributed by atoms with E-state index in [1.54, 1.807) is 0 Å². The maximum Gasteiger partial charge on any atom is 2.00 e. The van der Waals surface area contributed by atoms with Crippen molar-refractivity contribution in [1.82, 2.24) is 0 Å². The van der Waals surface area contributed by atoms with Crippen LogP contribution in [0.1, 0.15) is 0 Å². The van der Waals surface area contributed by atoms with Crippen molar-refractivity contribution in [2.75, 3.05) is 0 Å². The molecule has 0 aromatic carbocycles. The van der Waals surface area contributed by atoms with E-state index in [9.17, 15) is 0 Å². The fraction of sp³-hybridized carbons (Fsp3) is 0. The Morgan fingerprint density at radius 2 is 1.00 bits per heavy atom. The molecule has 0 rings (SSSR count). The van der Waals surface area contributed by atoms with Crippen molar-refractivity contribution in [2.24, 2.45) is 0 Å². The van der Waals surface area contributed by atoms with Crippen molar-refractivity contribution < 1.29 is 88.4 Å². The zero-order valence-corrected chi connectivity index (χ0v) is 9.78. The molecule has 0 saturated heterocycles. The number of rotatable bonds is 0. The van der Waals surface area contributed by atoms with Crippen molar-refractivity contribution in [2.45, 2.75) is 0 Å². The Labute approximate surface area is 97.4 Å². The minimum absolute atomic E-state index is 0. The summed E-state index contributed by atoms with van der Waals surface area (Å²) < 4.78 is 0. The summed E-state index contributed by atoms with van der Waals surface area (Å²) in [7, 11) is 0. The Kier molecular flexibility index (Phi) is 257. The van der Waals surface area contributed by atoms with E-state index in [0.29, 0.717) is 0 Å². The molecule has 0 aliphatic heterocycles. The second-order valence-corrected chi connectivity index (χ2v) is 0. The van der Waals surface area contributed by atoms with Crippen LogP contribution in [-0.2, 0) is 46.7 Å². The van der Waals surface area contributed by atoms with Gasteiger partial charge in [-0.15, -0.1) is 0 Å². The summed E-state index contributed by atoms with van der Waals surface area (Å²) in [6.45, 7) is 0. The summed E-state index contributed by atoms with van der Waals surface area (Å²) in [4.78, 5) is 0. The molecule has 0 aromatic heterocycles. The third kappa shape index (κ3) is 19.7. The molecule has 0 unspecified atom stereocenters. The van der Waals surface area contributed by atoms with Gasteiger partial charge in [-0.3, -0.25) is 0 Å². The normalized spacial score (nSPS) is 0. The fourth-order valence-electron chi connectivity index (χ4n) is 0. The van der Waals surface area contributed by atoms with E-state index in [0.717, 1.165) is 0 Å². The molecule has 0 amide bonds. The second-order valence-electron chi connectivity index (χ2n) is 0. The molecule has 0 fully saturated rings. The summed E-state index contributed by atoms with van der Waals surface area (Å²) in [5.41, 5.74) is 0. The van der Waals surface area contributed by atoms with Gasteiger partial charge in [0, 0.05) is 63.5 Å². The van der Waals surface area contributed by atoms with Crippen molar-refractivity contribution >= 4 is 11.0 Å². The van der Waals surface area contributed by atoms with Crippen LogP contribution in [0.15, 0.2) is 0 Å². The number of hydrogen-bond acceptors (Lipinski definition) is 0. The van der Waals surface area contributed by atoms with Crippen molar-refractivity contribution in [1.29, 1.82) is 0 Å². The van der Waals surface area contributed by atoms with E-state index in [1.807, 2.05) is 0 Å². The van der Waals surface area contributed by atoms with Gasteiger partial charge in [0.25, 0.3) is 0 Å². The quantitative estimate of drug-likeness (QED) is 0.484. The molecule has 0 aliphatic carbocycles. The Balaban J connectivity index is 0. The van der Waals surface area contributed by atoms with Gasteiger partial charge in [0.05, 0.1) is 0 Å². The molecule has 0 radical (unpaired) electrons. The average molecular weight is 301 g/mol. The van der Waals surface area contributed by atoms with Gasteiger partial charge >= 0.3 is 19.5 Å². The minimum atomic E-state index is 0. The van der Waals surface area contributed by atoms with E-state index in [1.165, 1.54) is 0 Å². The maximum atomic E-state index is 0. The fourth-order valence-corrected chi connectivity index (χ4v) is 0. The molecule has 0 N–H and O–H groups in total. The van der Waals surface area contributed by atoms with Crippen LogP contribution in [0.3, 0.4) is 0 Å². The zero-order chi connectivity index (χ0) is 0. The molecule has 0 aliphatic rings. The van der Waals surface area contributed by atoms with Gasteiger partial charge in [0.15, 0.2) is 0 Å². The molecule has 1 nitrogen and oxygen atoms in total. The van der Waals surface area contributed by atoms with Gasteiger partial charge < -0.3 is 5.48 Å². The predicted molar refractivity (Wildman–Crippen MR) is 12.0 cm³/mol. The molecule has 5 heavy (non-hydrogen) atoms. The summed E-state index contributed by atoms with van der Waals surface area (Å²) in [6, 6.07) is 0. The number of hydrogen-bond donors (Lipinski definition) is 0. The van der Waals surface area contributed by atoms with Gasteiger partial charge in [-0.25, -0.2) is 0 Å². The molecule has 0 atom stereocenters. The van der Waals surface area contributed by atoms with Crippen LogP contribution in [0.5, 0.6) is 0 Å². The van der Waals surface area contributed by atoms with E-state index in [-0.39, 0.29) is 99.4 Å². The zero-order valence-electron chi connectivity index (χ0n) is 2.12. The Bertz CT molecular complexity index is 11.6. The smallest absolute Gasteiger partial charge is 2.00 e. The van der Waals surface area contributed by atoms with Crippen LogP contribution in [0, 0.1) is 41.7 Å². The van der Waals surface area contributed by atoms with Crippen LogP contribution >= 0.6 is 0 Å². The van der Waals surface area contributed by atoms with Crippen molar-refractivity contribution in [3.8, 4) is 0 Å². The largest absolute Gasteiger partial charge is 2.00 e. The monoisotopic (exact) mass is 300 g/mol. The molecular weight excluding hydrogens is 297 g/mol. The summed E-state index contributed by atoms with van der Waals surface area (Å²) in [6.07, 6.45) is 0. The molecule has 5 heteroatoms. The summed E-state index contributed by atoms with van der Waals surface area (Å²) in [5, 5.41) is 0. The first-order chi connectivity index (χ1) is 0. The second kappa shape index (κ2) is 28.6. The molecule has 0 heterocycles. The van der Waals surface area contributed by atoms with E-state index in [2.05, 4.69) is 0 Å². The van der Waals surface area contributed by atoms with Crippen LogP contribution in [0.25, 0.3) is 0 Å².